The van der Waals surface area contributed by atoms with Gasteiger partial charge in [-0.3, -0.25) is 0 Å². The Morgan fingerprint density at radius 2 is 2.25 bits per heavy atom. The number of ether oxygens (including phenoxy) is 1. The summed E-state index contributed by atoms with van der Waals surface area (Å²) in [5.74, 6) is 0.981. The van der Waals surface area contributed by atoms with Gasteiger partial charge in [-0.2, -0.15) is 4.98 Å². The second-order valence-electron chi connectivity index (χ2n) is 3.68. The summed E-state index contributed by atoms with van der Waals surface area (Å²) in [5.41, 5.74) is 0. The van der Waals surface area contributed by atoms with Crippen molar-refractivity contribution in [2.75, 3.05) is 12.4 Å². The lowest BCUT2D eigenvalue weighted by Crippen LogP contribution is -2.21. The van der Waals surface area contributed by atoms with E-state index in [2.05, 4.69) is 31.2 Å². The lowest BCUT2D eigenvalue weighted by molar-refractivity contribution is 0.179. The number of methoxy groups -OCH3 is 1. The molecular formula is C10H16BrN3O2. The Labute approximate surface area is 103 Å². The van der Waals surface area contributed by atoms with Gasteiger partial charge >= 0.3 is 0 Å². The van der Waals surface area contributed by atoms with Gasteiger partial charge in [0.1, 0.15) is 0 Å². The molecule has 0 saturated heterocycles. The fourth-order valence-electron chi connectivity index (χ4n) is 1.36. The van der Waals surface area contributed by atoms with Gasteiger partial charge in [0.15, 0.2) is 0 Å². The van der Waals surface area contributed by atoms with Gasteiger partial charge in [0.2, 0.25) is 11.8 Å². The SMILES string of the molecule is COc1nc(NC(C)CC(C)O)ncc1Br. The minimum atomic E-state index is -0.347. The standard InChI is InChI=1S/C10H16BrN3O2/c1-6(4-7(2)15)13-10-12-5-8(11)9(14-10)16-3/h5-7,15H,4H2,1-3H3,(H,12,13,14). The van der Waals surface area contributed by atoms with Crippen LogP contribution in [0.5, 0.6) is 5.88 Å². The average Bonchev–Trinajstić information content (AvgIpc) is 2.19. The summed E-state index contributed by atoms with van der Waals surface area (Å²) < 4.78 is 5.77. The highest BCUT2D eigenvalue weighted by Crippen LogP contribution is 2.22. The number of nitrogens with one attached hydrogen (secondary N) is 1. The number of aliphatic hydroxyl groups is 1. The van der Waals surface area contributed by atoms with Crippen LogP contribution in [0.2, 0.25) is 0 Å². The smallest absolute Gasteiger partial charge is 0.232 e. The van der Waals surface area contributed by atoms with Crippen molar-refractivity contribution >= 4 is 21.9 Å². The summed E-state index contributed by atoms with van der Waals surface area (Å²) in [7, 11) is 1.55. The molecule has 1 aromatic heterocycles. The van der Waals surface area contributed by atoms with E-state index in [9.17, 15) is 5.11 Å². The fraction of sp³-hybridized carbons (Fsp3) is 0.600. The van der Waals surface area contributed by atoms with E-state index in [0.29, 0.717) is 22.7 Å². The maximum Gasteiger partial charge on any atom is 0.232 e. The summed E-state index contributed by atoms with van der Waals surface area (Å²) in [5, 5.41) is 12.3. The third-order valence-corrected chi connectivity index (χ3v) is 2.52. The quantitative estimate of drug-likeness (QED) is 0.866. The maximum absolute atomic E-state index is 9.23. The molecule has 0 aromatic carbocycles. The topological polar surface area (TPSA) is 67.3 Å². The number of hydrogen-bond acceptors (Lipinski definition) is 5. The van der Waals surface area contributed by atoms with E-state index in [1.165, 1.54) is 0 Å². The van der Waals surface area contributed by atoms with Crippen LogP contribution in [0.15, 0.2) is 10.7 Å². The predicted molar refractivity (Wildman–Crippen MR) is 65.7 cm³/mol. The van der Waals surface area contributed by atoms with E-state index in [4.69, 9.17) is 4.74 Å². The van der Waals surface area contributed by atoms with E-state index >= 15 is 0 Å². The highest BCUT2D eigenvalue weighted by atomic mass is 79.9. The first-order chi connectivity index (χ1) is 7.52. The molecule has 1 heterocycles. The molecule has 0 aliphatic heterocycles. The zero-order valence-corrected chi connectivity index (χ0v) is 11.2. The molecule has 1 aromatic rings. The largest absolute Gasteiger partial charge is 0.480 e. The van der Waals surface area contributed by atoms with Gasteiger partial charge in [0.05, 0.1) is 23.9 Å². The van der Waals surface area contributed by atoms with Crippen LogP contribution in [0.1, 0.15) is 20.3 Å². The summed E-state index contributed by atoms with van der Waals surface area (Å²) in [6.07, 6.45) is 1.92. The van der Waals surface area contributed by atoms with Gasteiger partial charge in [-0.05, 0) is 36.2 Å². The van der Waals surface area contributed by atoms with Crippen LogP contribution < -0.4 is 10.1 Å². The lowest BCUT2D eigenvalue weighted by Gasteiger charge is -2.15. The highest BCUT2D eigenvalue weighted by Gasteiger charge is 2.09. The van der Waals surface area contributed by atoms with Crippen molar-refractivity contribution in [2.45, 2.75) is 32.4 Å². The van der Waals surface area contributed by atoms with Gasteiger partial charge in [0.25, 0.3) is 0 Å². The van der Waals surface area contributed by atoms with Crippen LogP contribution in [-0.2, 0) is 0 Å². The number of nitrogens with zero attached hydrogens (tertiary/aromatic N) is 2. The molecule has 2 N–H and O–H groups in total. The first-order valence-electron chi connectivity index (χ1n) is 5.04. The minimum Gasteiger partial charge on any atom is -0.480 e. The second kappa shape index (κ2) is 6.00. The molecule has 0 bridgehead atoms. The molecule has 0 spiro atoms. The van der Waals surface area contributed by atoms with Crippen LogP contribution >= 0.6 is 15.9 Å². The normalized spacial score (nSPS) is 14.3. The Hall–Kier alpha value is -0.880. The van der Waals surface area contributed by atoms with Crippen molar-refractivity contribution < 1.29 is 9.84 Å². The number of rotatable bonds is 5. The number of hydrogen-bond donors (Lipinski definition) is 2. The predicted octanol–water partition coefficient (Wildman–Crippen LogP) is 1.82. The molecule has 5 nitrogen and oxygen atoms in total. The first-order valence-corrected chi connectivity index (χ1v) is 5.83. The fourth-order valence-corrected chi connectivity index (χ4v) is 1.71. The molecule has 0 fully saturated rings. The lowest BCUT2D eigenvalue weighted by atomic mass is 10.2. The molecule has 0 saturated carbocycles. The van der Waals surface area contributed by atoms with Crippen LogP contribution in [0.3, 0.4) is 0 Å². The summed E-state index contributed by atoms with van der Waals surface area (Å²) in [4.78, 5) is 8.27. The Morgan fingerprint density at radius 1 is 1.56 bits per heavy atom. The zero-order valence-electron chi connectivity index (χ0n) is 9.57. The molecule has 0 radical (unpaired) electrons. The number of aliphatic hydroxyl groups excluding tert-OH is 1. The van der Waals surface area contributed by atoms with Gasteiger partial charge in [0, 0.05) is 6.04 Å². The molecule has 1 rings (SSSR count). The zero-order chi connectivity index (χ0) is 12.1. The van der Waals surface area contributed by atoms with Gasteiger partial charge in [-0.1, -0.05) is 0 Å². The summed E-state index contributed by atoms with van der Waals surface area (Å²) in [6, 6.07) is 0.103. The number of halogens is 1. The van der Waals surface area contributed by atoms with Gasteiger partial charge in [-0.25, -0.2) is 4.98 Å². The second-order valence-corrected chi connectivity index (χ2v) is 4.54. The monoisotopic (exact) mass is 289 g/mol. The number of anilines is 1. The Kier molecular flexibility index (Phi) is 4.95. The third-order valence-electron chi connectivity index (χ3n) is 1.98. The van der Waals surface area contributed by atoms with Crippen molar-refractivity contribution in [2.24, 2.45) is 0 Å². The van der Waals surface area contributed by atoms with E-state index in [1.807, 2.05) is 6.92 Å². The van der Waals surface area contributed by atoms with Gasteiger partial charge in [-0.15, -0.1) is 0 Å². The van der Waals surface area contributed by atoms with Crippen molar-refractivity contribution in [1.29, 1.82) is 0 Å². The molecule has 16 heavy (non-hydrogen) atoms. The molecule has 90 valence electrons. The van der Waals surface area contributed by atoms with Crippen LogP contribution in [0, 0.1) is 0 Å². The number of aromatic nitrogens is 2. The summed E-state index contributed by atoms with van der Waals surface area (Å²) >= 11 is 3.28. The molecule has 0 amide bonds. The third kappa shape index (κ3) is 3.94. The Bertz CT molecular complexity index is 347. The van der Waals surface area contributed by atoms with Crippen LogP contribution in [-0.4, -0.2) is 34.3 Å². The molecule has 6 heteroatoms. The van der Waals surface area contributed by atoms with Crippen molar-refractivity contribution in [3.63, 3.8) is 0 Å². The van der Waals surface area contributed by atoms with E-state index < -0.39 is 0 Å². The molecule has 2 unspecified atom stereocenters. The molecule has 0 aliphatic rings. The Balaban J connectivity index is 2.67. The highest BCUT2D eigenvalue weighted by molar-refractivity contribution is 9.10. The van der Waals surface area contributed by atoms with E-state index in [1.54, 1.807) is 20.2 Å². The average molecular weight is 290 g/mol. The molecular weight excluding hydrogens is 274 g/mol. The van der Waals surface area contributed by atoms with Crippen molar-refractivity contribution in [3.05, 3.63) is 10.7 Å². The van der Waals surface area contributed by atoms with Crippen molar-refractivity contribution in [3.8, 4) is 5.88 Å². The van der Waals surface area contributed by atoms with Crippen molar-refractivity contribution in [1.82, 2.24) is 9.97 Å². The van der Waals surface area contributed by atoms with E-state index in [0.717, 1.165) is 0 Å². The molecule has 2 atom stereocenters. The molecule has 0 aliphatic carbocycles. The van der Waals surface area contributed by atoms with Crippen LogP contribution in [0.25, 0.3) is 0 Å². The minimum absolute atomic E-state index is 0.103. The van der Waals surface area contributed by atoms with Crippen LogP contribution in [0.4, 0.5) is 5.95 Å². The summed E-state index contributed by atoms with van der Waals surface area (Å²) in [6.45, 7) is 3.71. The maximum atomic E-state index is 9.23. The Morgan fingerprint density at radius 3 is 2.81 bits per heavy atom. The van der Waals surface area contributed by atoms with Gasteiger partial charge < -0.3 is 15.2 Å². The first kappa shape index (κ1) is 13.2. The van der Waals surface area contributed by atoms with E-state index in [-0.39, 0.29) is 12.1 Å².